The third-order valence-electron chi connectivity index (χ3n) is 2.95. The van der Waals surface area contributed by atoms with Crippen molar-refractivity contribution in [3.8, 4) is 5.75 Å². The second kappa shape index (κ2) is 8.15. The van der Waals surface area contributed by atoms with E-state index in [1.54, 1.807) is 12.1 Å². The van der Waals surface area contributed by atoms with Crippen LogP contribution in [0.2, 0.25) is 0 Å². The lowest BCUT2D eigenvalue weighted by Gasteiger charge is -2.14. The number of hydrogen-bond donors (Lipinski definition) is 1. The van der Waals surface area contributed by atoms with Crippen molar-refractivity contribution in [2.75, 3.05) is 13.2 Å². The first-order valence-electron chi connectivity index (χ1n) is 6.95. The molecule has 0 aliphatic rings. The van der Waals surface area contributed by atoms with Crippen LogP contribution >= 0.6 is 0 Å². The van der Waals surface area contributed by atoms with Gasteiger partial charge in [0, 0.05) is 12.5 Å². The van der Waals surface area contributed by atoms with Gasteiger partial charge in [0.05, 0.1) is 6.61 Å². The van der Waals surface area contributed by atoms with Crippen molar-refractivity contribution < 1.29 is 17.9 Å². The zero-order chi connectivity index (χ0) is 15.0. The lowest BCUT2D eigenvalue weighted by Crippen LogP contribution is -2.19. The van der Waals surface area contributed by atoms with Gasteiger partial charge in [0.1, 0.15) is 5.75 Å². The van der Waals surface area contributed by atoms with Gasteiger partial charge >= 0.3 is 6.18 Å². The Balaban J connectivity index is 2.35. The van der Waals surface area contributed by atoms with E-state index in [9.17, 15) is 13.2 Å². The van der Waals surface area contributed by atoms with Gasteiger partial charge in [0.2, 0.25) is 0 Å². The summed E-state index contributed by atoms with van der Waals surface area (Å²) in [7, 11) is 0. The normalized spacial score (nSPS) is 13.2. The summed E-state index contributed by atoms with van der Waals surface area (Å²) < 4.78 is 41.2. The molecule has 5 heteroatoms. The second-order valence-electron chi connectivity index (χ2n) is 4.81. The molecular weight excluding hydrogens is 267 g/mol. The summed E-state index contributed by atoms with van der Waals surface area (Å²) in [6, 6.07) is 7.73. The van der Waals surface area contributed by atoms with E-state index in [1.165, 1.54) is 0 Å². The monoisotopic (exact) mass is 289 g/mol. The van der Waals surface area contributed by atoms with Gasteiger partial charge in [-0.25, -0.2) is 0 Å². The van der Waals surface area contributed by atoms with E-state index in [1.807, 2.05) is 12.1 Å². The Hall–Kier alpha value is -1.23. The zero-order valence-corrected chi connectivity index (χ0v) is 12.0. The number of rotatable bonds is 8. The van der Waals surface area contributed by atoms with E-state index in [0.29, 0.717) is 5.75 Å². The number of ether oxygens (including phenoxy) is 1. The summed E-state index contributed by atoms with van der Waals surface area (Å²) in [6.45, 7) is 5.23. The fraction of sp³-hybridized carbons (Fsp3) is 0.600. The minimum atomic E-state index is -4.10. The van der Waals surface area contributed by atoms with Gasteiger partial charge in [-0.15, -0.1) is 0 Å². The maximum absolute atomic E-state index is 12.0. The Kier molecular flexibility index (Phi) is 6.85. The smallest absolute Gasteiger partial charge is 0.389 e. The van der Waals surface area contributed by atoms with Gasteiger partial charge in [-0.3, -0.25) is 0 Å². The molecule has 114 valence electrons. The van der Waals surface area contributed by atoms with Crippen LogP contribution in [0.25, 0.3) is 0 Å². The number of nitrogens with one attached hydrogen (secondary N) is 1. The Bertz CT molecular complexity index is 376. The molecule has 0 saturated carbocycles. The number of alkyl halides is 3. The van der Waals surface area contributed by atoms with E-state index < -0.39 is 12.6 Å². The van der Waals surface area contributed by atoms with E-state index in [2.05, 4.69) is 19.2 Å². The molecule has 1 N–H and O–H groups in total. The Morgan fingerprint density at radius 2 is 1.85 bits per heavy atom. The highest BCUT2D eigenvalue weighted by molar-refractivity contribution is 5.28. The minimum Gasteiger partial charge on any atom is -0.494 e. The number of hydrogen-bond acceptors (Lipinski definition) is 2. The van der Waals surface area contributed by atoms with Crippen LogP contribution < -0.4 is 10.1 Å². The average Bonchev–Trinajstić information content (AvgIpc) is 2.40. The van der Waals surface area contributed by atoms with Crippen LogP contribution in [0.1, 0.15) is 44.7 Å². The molecule has 20 heavy (non-hydrogen) atoms. The van der Waals surface area contributed by atoms with Gasteiger partial charge in [-0.2, -0.15) is 13.2 Å². The minimum absolute atomic E-state index is 0.0142. The fourth-order valence-corrected chi connectivity index (χ4v) is 1.79. The predicted octanol–water partition coefficient (Wildman–Crippen LogP) is 4.47. The van der Waals surface area contributed by atoms with Crippen LogP contribution in [0.4, 0.5) is 13.2 Å². The molecule has 1 aromatic carbocycles. The Morgan fingerprint density at radius 3 is 2.40 bits per heavy atom. The molecule has 0 aromatic heterocycles. The van der Waals surface area contributed by atoms with Crippen LogP contribution in [0.15, 0.2) is 24.3 Å². The Labute approximate surface area is 118 Å². The summed E-state index contributed by atoms with van der Waals surface area (Å²) in [6.07, 6.45) is -3.85. The molecule has 0 aliphatic heterocycles. The molecular formula is C15H22F3NO. The van der Waals surface area contributed by atoms with Crippen molar-refractivity contribution in [2.45, 2.75) is 45.3 Å². The average molecular weight is 289 g/mol. The molecule has 0 bridgehead atoms. The topological polar surface area (TPSA) is 21.3 Å². The first kappa shape index (κ1) is 16.8. The number of halogens is 3. The van der Waals surface area contributed by atoms with Gasteiger partial charge in [-0.1, -0.05) is 19.1 Å². The Morgan fingerprint density at radius 1 is 1.20 bits per heavy atom. The highest BCUT2D eigenvalue weighted by Crippen LogP contribution is 2.22. The maximum atomic E-state index is 12.0. The molecule has 1 atom stereocenters. The molecule has 0 fully saturated rings. The third-order valence-corrected chi connectivity index (χ3v) is 2.95. The zero-order valence-electron chi connectivity index (χ0n) is 12.0. The maximum Gasteiger partial charge on any atom is 0.389 e. The summed E-state index contributed by atoms with van der Waals surface area (Å²) in [5.41, 5.74) is 1.14. The second-order valence-corrected chi connectivity index (χ2v) is 4.81. The first-order valence-corrected chi connectivity index (χ1v) is 6.95. The molecule has 1 rings (SSSR count). The lowest BCUT2D eigenvalue weighted by molar-refractivity contribution is -0.136. The molecule has 1 aromatic rings. The standard InChI is InChI=1S/C15H22F3NO/c1-3-10-19-12(2)13-5-7-14(8-6-13)20-11-4-9-15(16,17)18/h5-8,12,19H,3-4,9-11H2,1-2H3. The van der Waals surface area contributed by atoms with Crippen molar-refractivity contribution in [1.82, 2.24) is 5.32 Å². The van der Waals surface area contributed by atoms with Gasteiger partial charge in [-0.05, 0) is 44.0 Å². The first-order chi connectivity index (χ1) is 9.42. The van der Waals surface area contributed by atoms with Gasteiger partial charge in [0.15, 0.2) is 0 Å². The highest BCUT2D eigenvalue weighted by atomic mass is 19.4. The predicted molar refractivity (Wildman–Crippen MR) is 73.9 cm³/mol. The molecule has 0 radical (unpaired) electrons. The van der Waals surface area contributed by atoms with Crippen molar-refractivity contribution in [2.24, 2.45) is 0 Å². The van der Waals surface area contributed by atoms with Crippen LogP contribution in [0, 0.1) is 0 Å². The highest BCUT2D eigenvalue weighted by Gasteiger charge is 2.26. The molecule has 2 nitrogen and oxygen atoms in total. The third kappa shape index (κ3) is 6.80. The van der Waals surface area contributed by atoms with Crippen LogP contribution in [0.3, 0.4) is 0 Å². The van der Waals surface area contributed by atoms with Crippen molar-refractivity contribution in [3.63, 3.8) is 0 Å². The van der Waals surface area contributed by atoms with E-state index >= 15 is 0 Å². The van der Waals surface area contributed by atoms with Crippen molar-refractivity contribution in [3.05, 3.63) is 29.8 Å². The van der Waals surface area contributed by atoms with Gasteiger partial charge in [0.25, 0.3) is 0 Å². The largest absolute Gasteiger partial charge is 0.494 e. The van der Waals surface area contributed by atoms with Crippen LogP contribution in [0.5, 0.6) is 5.75 Å². The lowest BCUT2D eigenvalue weighted by atomic mass is 10.1. The van der Waals surface area contributed by atoms with E-state index in [0.717, 1.165) is 18.5 Å². The van der Waals surface area contributed by atoms with Crippen molar-refractivity contribution >= 4 is 0 Å². The van der Waals surface area contributed by atoms with E-state index in [4.69, 9.17) is 4.74 Å². The quantitative estimate of drug-likeness (QED) is 0.713. The molecule has 0 heterocycles. The fourth-order valence-electron chi connectivity index (χ4n) is 1.79. The number of benzene rings is 1. The molecule has 0 spiro atoms. The summed E-state index contributed by atoms with van der Waals surface area (Å²) in [5.74, 6) is 0.610. The molecule has 0 saturated heterocycles. The summed E-state index contributed by atoms with van der Waals surface area (Å²) in [4.78, 5) is 0. The molecule has 0 aliphatic carbocycles. The molecule has 1 unspecified atom stereocenters. The van der Waals surface area contributed by atoms with Crippen molar-refractivity contribution in [1.29, 1.82) is 0 Å². The summed E-state index contributed by atoms with van der Waals surface area (Å²) >= 11 is 0. The van der Waals surface area contributed by atoms with E-state index in [-0.39, 0.29) is 19.1 Å². The van der Waals surface area contributed by atoms with Crippen LogP contribution in [-0.2, 0) is 0 Å². The molecule has 0 amide bonds. The SMILES string of the molecule is CCCNC(C)c1ccc(OCCCC(F)(F)F)cc1. The van der Waals surface area contributed by atoms with Gasteiger partial charge < -0.3 is 10.1 Å². The summed E-state index contributed by atoms with van der Waals surface area (Å²) in [5, 5.41) is 3.37. The van der Waals surface area contributed by atoms with Crippen LogP contribution in [-0.4, -0.2) is 19.3 Å².